The number of aryl methyl sites for hydroxylation is 1. The summed E-state index contributed by atoms with van der Waals surface area (Å²) in [7, 11) is 0. The molecule has 0 unspecified atom stereocenters. The number of urea groups is 1. The van der Waals surface area contributed by atoms with Crippen molar-refractivity contribution in [2.45, 2.75) is 17.8 Å². The molecule has 1 heterocycles. The number of thioether (sulfide) groups is 1. The standard InChI is InChI=1S/C19H19N5O2S2/c1-13-7-9-15(10-8-13)21-17(26)22-18-23-24-19(28-18)27-12-16(25)20-11-14-5-3-2-4-6-14/h2-10H,11-12H2,1H3,(H,20,25)(H2,21,22,23,26). The summed E-state index contributed by atoms with van der Waals surface area (Å²) in [6.45, 7) is 2.47. The summed E-state index contributed by atoms with van der Waals surface area (Å²) in [5.41, 5.74) is 2.85. The lowest BCUT2D eigenvalue weighted by Gasteiger charge is -2.05. The molecule has 144 valence electrons. The second-order valence-electron chi connectivity index (χ2n) is 5.87. The number of nitrogens with zero attached hydrogens (tertiary/aromatic N) is 2. The molecule has 3 aromatic rings. The minimum absolute atomic E-state index is 0.0873. The number of nitrogens with one attached hydrogen (secondary N) is 3. The van der Waals surface area contributed by atoms with Crippen molar-refractivity contribution in [2.75, 3.05) is 16.4 Å². The fourth-order valence-corrected chi connectivity index (χ4v) is 3.77. The first-order valence-electron chi connectivity index (χ1n) is 8.50. The first kappa shape index (κ1) is 19.8. The van der Waals surface area contributed by atoms with Gasteiger partial charge in [-0.15, -0.1) is 10.2 Å². The van der Waals surface area contributed by atoms with Crippen LogP contribution in [0.2, 0.25) is 0 Å². The van der Waals surface area contributed by atoms with Crippen LogP contribution in [0.1, 0.15) is 11.1 Å². The van der Waals surface area contributed by atoms with Gasteiger partial charge in [-0.1, -0.05) is 71.1 Å². The van der Waals surface area contributed by atoms with Crippen molar-refractivity contribution in [2.24, 2.45) is 0 Å². The van der Waals surface area contributed by atoms with Crippen LogP contribution in [0, 0.1) is 6.92 Å². The summed E-state index contributed by atoms with van der Waals surface area (Å²) in [5, 5.41) is 16.5. The number of carbonyl (C=O) groups is 2. The molecule has 0 radical (unpaired) electrons. The monoisotopic (exact) mass is 413 g/mol. The number of hydrogen-bond acceptors (Lipinski definition) is 6. The van der Waals surface area contributed by atoms with Crippen molar-refractivity contribution in [3.05, 3.63) is 65.7 Å². The lowest BCUT2D eigenvalue weighted by atomic mass is 10.2. The molecule has 3 rings (SSSR count). The fraction of sp³-hybridized carbons (Fsp3) is 0.158. The molecule has 7 nitrogen and oxygen atoms in total. The molecule has 1 aromatic heterocycles. The number of rotatable bonds is 7. The Balaban J connectivity index is 1.41. The van der Waals surface area contributed by atoms with Crippen LogP contribution in [0.25, 0.3) is 0 Å². The Morgan fingerprint density at radius 1 is 1.00 bits per heavy atom. The largest absolute Gasteiger partial charge is 0.351 e. The van der Waals surface area contributed by atoms with Crippen LogP contribution in [-0.4, -0.2) is 27.9 Å². The molecule has 0 bridgehead atoms. The number of hydrogen-bond donors (Lipinski definition) is 3. The molecule has 0 aliphatic carbocycles. The fourth-order valence-electron chi connectivity index (χ4n) is 2.19. The maximum absolute atomic E-state index is 12.0. The van der Waals surface area contributed by atoms with Gasteiger partial charge in [-0.2, -0.15) is 0 Å². The zero-order chi connectivity index (χ0) is 19.8. The van der Waals surface area contributed by atoms with Crippen molar-refractivity contribution in [3.63, 3.8) is 0 Å². The number of carbonyl (C=O) groups excluding carboxylic acids is 2. The molecule has 3 amide bonds. The van der Waals surface area contributed by atoms with Gasteiger partial charge in [0.05, 0.1) is 5.75 Å². The second-order valence-corrected chi connectivity index (χ2v) is 8.07. The summed E-state index contributed by atoms with van der Waals surface area (Å²) in [4.78, 5) is 24.0. The van der Waals surface area contributed by atoms with Crippen LogP contribution >= 0.6 is 23.1 Å². The Morgan fingerprint density at radius 3 is 2.50 bits per heavy atom. The van der Waals surface area contributed by atoms with E-state index in [1.807, 2.05) is 61.5 Å². The predicted molar refractivity (Wildman–Crippen MR) is 113 cm³/mol. The van der Waals surface area contributed by atoms with Gasteiger partial charge in [0.2, 0.25) is 11.0 Å². The number of aromatic nitrogens is 2. The van der Waals surface area contributed by atoms with Gasteiger partial charge in [0.25, 0.3) is 0 Å². The number of benzene rings is 2. The molecule has 3 N–H and O–H groups in total. The molecule has 0 aliphatic heterocycles. The number of amides is 3. The smallest absolute Gasteiger partial charge is 0.325 e. The molecule has 0 aliphatic rings. The summed E-state index contributed by atoms with van der Waals surface area (Å²) >= 11 is 2.50. The molecular weight excluding hydrogens is 394 g/mol. The van der Waals surface area contributed by atoms with E-state index in [0.29, 0.717) is 21.7 Å². The minimum Gasteiger partial charge on any atom is -0.351 e. The maximum atomic E-state index is 12.0. The Hall–Kier alpha value is -2.91. The first-order chi connectivity index (χ1) is 13.6. The van der Waals surface area contributed by atoms with Gasteiger partial charge >= 0.3 is 6.03 Å². The lowest BCUT2D eigenvalue weighted by molar-refractivity contribution is -0.118. The highest BCUT2D eigenvalue weighted by Crippen LogP contribution is 2.25. The van der Waals surface area contributed by atoms with E-state index >= 15 is 0 Å². The zero-order valence-corrected chi connectivity index (χ0v) is 16.8. The van der Waals surface area contributed by atoms with Gasteiger partial charge < -0.3 is 10.6 Å². The highest BCUT2D eigenvalue weighted by atomic mass is 32.2. The molecule has 9 heteroatoms. The van der Waals surface area contributed by atoms with E-state index in [9.17, 15) is 9.59 Å². The van der Waals surface area contributed by atoms with E-state index in [4.69, 9.17) is 0 Å². The first-order valence-corrected chi connectivity index (χ1v) is 10.3. The van der Waals surface area contributed by atoms with Gasteiger partial charge in [-0.3, -0.25) is 10.1 Å². The van der Waals surface area contributed by atoms with Gasteiger partial charge in [-0.05, 0) is 24.6 Å². The van der Waals surface area contributed by atoms with Crippen molar-refractivity contribution in [1.82, 2.24) is 15.5 Å². The molecule has 0 saturated carbocycles. The molecule has 0 spiro atoms. The average molecular weight is 414 g/mol. The van der Waals surface area contributed by atoms with Crippen LogP contribution in [0.15, 0.2) is 58.9 Å². The van der Waals surface area contributed by atoms with E-state index in [-0.39, 0.29) is 11.7 Å². The van der Waals surface area contributed by atoms with E-state index in [0.717, 1.165) is 11.1 Å². The Labute approximate surface area is 171 Å². The van der Waals surface area contributed by atoms with Crippen molar-refractivity contribution < 1.29 is 9.59 Å². The third-order valence-corrected chi connectivity index (χ3v) is 5.57. The second kappa shape index (κ2) is 9.86. The summed E-state index contributed by atoms with van der Waals surface area (Å²) < 4.78 is 0.612. The van der Waals surface area contributed by atoms with Gasteiger partial charge in [0, 0.05) is 12.2 Å². The highest BCUT2D eigenvalue weighted by molar-refractivity contribution is 8.01. The zero-order valence-electron chi connectivity index (χ0n) is 15.1. The lowest BCUT2D eigenvalue weighted by Crippen LogP contribution is -2.24. The van der Waals surface area contributed by atoms with E-state index in [1.54, 1.807) is 0 Å². The van der Waals surface area contributed by atoms with Crippen molar-refractivity contribution in [1.29, 1.82) is 0 Å². The topological polar surface area (TPSA) is 96.0 Å². The van der Waals surface area contributed by atoms with E-state index in [2.05, 4.69) is 26.1 Å². The predicted octanol–water partition coefficient (Wildman–Crippen LogP) is 3.90. The third-order valence-electron chi connectivity index (χ3n) is 3.60. The van der Waals surface area contributed by atoms with Gasteiger partial charge in [0.15, 0.2) is 4.34 Å². The normalized spacial score (nSPS) is 10.3. The molecule has 0 saturated heterocycles. The van der Waals surface area contributed by atoms with Crippen LogP contribution in [0.4, 0.5) is 15.6 Å². The van der Waals surface area contributed by atoms with Crippen LogP contribution in [0.3, 0.4) is 0 Å². The summed E-state index contributed by atoms with van der Waals surface area (Å²) in [5.74, 6) is 0.146. The minimum atomic E-state index is -0.392. The average Bonchev–Trinajstić information content (AvgIpc) is 3.14. The molecular formula is C19H19N5O2S2. The summed E-state index contributed by atoms with van der Waals surface area (Å²) in [6.07, 6.45) is 0. The summed E-state index contributed by atoms with van der Waals surface area (Å²) in [6, 6.07) is 16.8. The Bertz CT molecular complexity index is 929. The van der Waals surface area contributed by atoms with Gasteiger partial charge in [0.1, 0.15) is 0 Å². The van der Waals surface area contributed by atoms with Crippen LogP contribution in [-0.2, 0) is 11.3 Å². The highest BCUT2D eigenvalue weighted by Gasteiger charge is 2.10. The Morgan fingerprint density at radius 2 is 1.75 bits per heavy atom. The van der Waals surface area contributed by atoms with E-state index in [1.165, 1.54) is 23.1 Å². The van der Waals surface area contributed by atoms with Crippen molar-refractivity contribution >= 4 is 45.9 Å². The Kier molecular flexibility index (Phi) is 6.99. The SMILES string of the molecule is Cc1ccc(NC(=O)Nc2nnc(SCC(=O)NCc3ccccc3)s2)cc1. The van der Waals surface area contributed by atoms with Crippen LogP contribution in [0.5, 0.6) is 0 Å². The van der Waals surface area contributed by atoms with Gasteiger partial charge in [-0.25, -0.2) is 4.79 Å². The third kappa shape index (κ3) is 6.36. The molecule has 0 fully saturated rings. The molecule has 2 aromatic carbocycles. The maximum Gasteiger partial charge on any atom is 0.325 e. The quantitative estimate of drug-likeness (QED) is 0.403. The molecule has 28 heavy (non-hydrogen) atoms. The molecule has 0 atom stereocenters. The van der Waals surface area contributed by atoms with E-state index < -0.39 is 6.03 Å². The number of anilines is 2. The van der Waals surface area contributed by atoms with Crippen molar-refractivity contribution in [3.8, 4) is 0 Å². The van der Waals surface area contributed by atoms with Crippen LogP contribution < -0.4 is 16.0 Å².